The van der Waals surface area contributed by atoms with Crippen molar-refractivity contribution in [2.75, 3.05) is 18.0 Å². The topological polar surface area (TPSA) is 43.7 Å². The molecule has 14 heavy (non-hydrogen) atoms. The molecule has 0 bridgehead atoms. The second-order valence-corrected chi connectivity index (χ2v) is 3.72. The molecule has 1 aromatic rings. The Kier molecular flexibility index (Phi) is 2.48. The maximum atomic E-state index is 9.64. The van der Waals surface area contributed by atoms with Crippen molar-refractivity contribution in [3.05, 3.63) is 18.2 Å². The molecule has 0 atom stereocenters. The van der Waals surface area contributed by atoms with Gasteiger partial charge < -0.3 is 15.1 Å². The monoisotopic (exact) mass is 193 g/mol. The second kappa shape index (κ2) is 3.78. The zero-order chi connectivity index (χ0) is 9.97. The summed E-state index contributed by atoms with van der Waals surface area (Å²) in [6.45, 7) is 2.00. The van der Waals surface area contributed by atoms with E-state index in [0.717, 1.165) is 18.8 Å². The van der Waals surface area contributed by atoms with E-state index in [9.17, 15) is 5.11 Å². The molecule has 1 heterocycles. The van der Waals surface area contributed by atoms with E-state index in [1.54, 1.807) is 12.1 Å². The van der Waals surface area contributed by atoms with Gasteiger partial charge in [-0.05, 0) is 31.4 Å². The van der Waals surface area contributed by atoms with Crippen molar-refractivity contribution >= 4 is 5.69 Å². The number of hydrogen-bond acceptors (Lipinski definition) is 3. The van der Waals surface area contributed by atoms with E-state index in [1.165, 1.54) is 25.3 Å². The molecular formula is C11H15NO2. The molecule has 1 fully saturated rings. The van der Waals surface area contributed by atoms with Gasteiger partial charge in [-0.2, -0.15) is 0 Å². The number of aromatic hydroxyl groups is 2. The molecule has 76 valence electrons. The van der Waals surface area contributed by atoms with Gasteiger partial charge in [0.15, 0.2) is 0 Å². The van der Waals surface area contributed by atoms with Gasteiger partial charge in [0.1, 0.15) is 11.5 Å². The van der Waals surface area contributed by atoms with Gasteiger partial charge in [-0.1, -0.05) is 0 Å². The number of phenolic OH excluding ortho intramolecular Hbond substituents is 2. The molecule has 1 aliphatic rings. The van der Waals surface area contributed by atoms with Crippen molar-refractivity contribution in [1.29, 1.82) is 0 Å². The number of rotatable bonds is 1. The molecule has 3 heteroatoms. The molecule has 1 saturated heterocycles. The molecule has 0 radical (unpaired) electrons. The summed E-state index contributed by atoms with van der Waals surface area (Å²) >= 11 is 0. The third-order valence-corrected chi connectivity index (χ3v) is 2.66. The Labute approximate surface area is 83.6 Å². The quantitative estimate of drug-likeness (QED) is 0.717. The van der Waals surface area contributed by atoms with Crippen LogP contribution in [0.2, 0.25) is 0 Å². The van der Waals surface area contributed by atoms with Crippen molar-refractivity contribution < 1.29 is 10.2 Å². The minimum atomic E-state index is 0.114. The van der Waals surface area contributed by atoms with Crippen molar-refractivity contribution in [3.8, 4) is 11.5 Å². The number of benzene rings is 1. The van der Waals surface area contributed by atoms with Crippen LogP contribution in [0.3, 0.4) is 0 Å². The fourth-order valence-corrected chi connectivity index (χ4v) is 1.91. The lowest BCUT2D eigenvalue weighted by Crippen LogP contribution is -2.29. The predicted molar refractivity (Wildman–Crippen MR) is 55.8 cm³/mol. The molecule has 0 aromatic heterocycles. The van der Waals surface area contributed by atoms with Crippen LogP contribution in [0.5, 0.6) is 11.5 Å². The highest BCUT2D eigenvalue weighted by molar-refractivity contribution is 5.60. The lowest BCUT2D eigenvalue weighted by atomic mass is 10.1. The molecular weight excluding hydrogens is 178 g/mol. The Balaban J connectivity index is 2.22. The van der Waals surface area contributed by atoms with Crippen molar-refractivity contribution in [2.24, 2.45) is 0 Å². The first kappa shape index (κ1) is 9.19. The fraction of sp³-hybridized carbons (Fsp3) is 0.455. The molecule has 0 spiro atoms. The first-order chi connectivity index (χ1) is 6.77. The van der Waals surface area contributed by atoms with Gasteiger partial charge in [-0.25, -0.2) is 0 Å². The van der Waals surface area contributed by atoms with Crippen LogP contribution in [0, 0.1) is 0 Å². The Morgan fingerprint density at radius 3 is 2.36 bits per heavy atom. The van der Waals surface area contributed by atoms with Crippen molar-refractivity contribution in [3.63, 3.8) is 0 Å². The van der Waals surface area contributed by atoms with Crippen molar-refractivity contribution in [2.45, 2.75) is 19.3 Å². The second-order valence-electron chi connectivity index (χ2n) is 3.72. The summed E-state index contributed by atoms with van der Waals surface area (Å²) in [6, 6.07) is 4.78. The third-order valence-electron chi connectivity index (χ3n) is 2.66. The zero-order valence-corrected chi connectivity index (χ0v) is 8.11. The standard InChI is InChI=1S/C11H15NO2/c13-9-4-5-10(11(14)8-9)12-6-2-1-3-7-12/h4-5,8,13-14H,1-3,6-7H2. The smallest absolute Gasteiger partial charge is 0.142 e. The molecule has 1 aromatic carbocycles. The fourth-order valence-electron chi connectivity index (χ4n) is 1.91. The number of phenols is 2. The van der Waals surface area contributed by atoms with Crippen LogP contribution >= 0.6 is 0 Å². The Morgan fingerprint density at radius 2 is 1.71 bits per heavy atom. The summed E-state index contributed by atoms with van der Waals surface area (Å²) < 4.78 is 0. The summed E-state index contributed by atoms with van der Waals surface area (Å²) in [5.74, 6) is 0.287. The van der Waals surface area contributed by atoms with Crippen LogP contribution in [-0.4, -0.2) is 23.3 Å². The minimum Gasteiger partial charge on any atom is -0.508 e. The Hall–Kier alpha value is -1.38. The number of nitrogens with zero attached hydrogens (tertiary/aromatic N) is 1. The highest BCUT2D eigenvalue weighted by atomic mass is 16.3. The first-order valence-electron chi connectivity index (χ1n) is 5.04. The lowest BCUT2D eigenvalue weighted by Gasteiger charge is -2.29. The zero-order valence-electron chi connectivity index (χ0n) is 8.11. The average Bonchev–Trinajstić information content (AvgIpc) is 2.19. The first-order valence-corrected chi connectivity index (χ1v) is 5.04. The van der Waals surface area contributed by atoms with E-state index in [1.807, 2.05) is 0 Å². The maximum absolute atomic E-state index is 9.64. The highest BCUT2D eigenvalue weighted by Crippen LogP contribution is 2.32. The van der Waals surface area contributed by atoms with Gasteiger partial charge in [0.2, 0.25) is 0 Å². The third kappa shape index (κ3) is 1.76. The summed E-state index contributed by atoms with van der Waals surface area (Å²) in [4.78, 5) is 2.16. The highest BCUT2D eigenvalue weighted by Gasteiger charge is 2.14. The Bertz CT molecular complexity index is 319. The van der Waals surface area contributed by atoms with E-state index in [2.05, 4.69) is 4.90 Å². The predicted octanol–water partition coefficient (Wildman–Crippen LogP) is 2.09. The normalized spacial score (nSPS) is 17.0. The summed E-state index contributed by atoms with van der Waals surface area (Å²) in [7, 11) is 0. The van der Waals surface area contributed by atoms with Crippen molar-refractivity contribution in [1.82, 2.24) is 0 Å². The number of hydrogen-bond donors (Lipinski definition) is 2. The van der Waals surface area contributed by atoms with E-state index in [4.69, 9.17) is 5.11 Å². The molecule has 0 unspecified atom stereocenters. The molecule has 3 nitrogen and oxygen atoms in total. The van der Waals surface area contributed by atoms with Crippen LogP contribution in [0.25, 0.3) is 0 Å². The Morgan fingerprint density at radius 1 is 1.00 bits per heavy atom. The van der Waals surface area contributed by atoms with Gasteiger partial charge in [0.05, 0.1) is 5.69 Å². The SMILES string of the molecule is Oc1ccc(N2CCCCC2)c(O)c1. The van der Waals surface area contributed by atoms with Crippen LogP contribution in [0.15, 0.2) is 18.2 Å². The number of piperidine rings is 1. The van der Waals surface area contributed by atoms with E-state index < -0.39 is 0 Å². The summed E-state index contributed by atoms with van der Waals surface area (Å²) in [5, 5.41) is 18.8. The molecule has 0 amide bonds. The van der Waals surface area contributed by atoms with Gasteiger partial charge in [0.25, 0.3) is 0 Å². The van der Waals surface area contributed by atoms with Gasteiger partial charge >= 0.3 is 0 Å². The summed E-state index contributed by atoms with van der Waals surface area (Å²) in [6.07, 6.45) is 3.63. The minimum absolute atomic E-state index is 0.114. The molecule has 0 aliphatic carbocycles. The van der Waals surface area contributed by atoms with E-state index >= 15 is 0 Å². The average molecular weight is 193 g/mol. The van der Waals surface area contributed by atoms with E-state index in [0.29, 0.717) is 0 Å². The van der Waals surface area contributed by atoms with Gasteiger partial charge in [-0.15, -0.1) is 0 Å². The van der Waals surface area contributed by atoms with Crippen LogP contribution < -0.4 is 4.90 Å². The molecule has 2 rings (SSSR count). The van der Waals surface area contributed by atoms with E-state index in [-0.39, 0.29) is 11.5 Å². The van der Waals surface area contributed by atoms with Crippen LogP contribution in [0.1, 0.15) is 19.3 Å². The van der Waals surface area contributed by atoms with Crippen LogP contribution in [-0.2, 0) is 0 Å². The van der Waals surface area contributed by atoms with Gasteiger partial charge in [-0.3, -0.25) is 0 Å². The maximum Gasteiger partial charge on any atom is 0.142 e. The lowest BCUT2D eigenvalue weighted by molar-refractivity contribution is 0.447. The number of anilines is 1. The summed E-state index contributed by atoms with van der Waals surface area (Å²) in [5.41, 5.74) is 0.836. The molecule has 1 aliphatic heterocycles. The molecule has 2 N–H and O–H groups in total. The largest absolute Gasteiger partial charge is 0.508 e. The van der Waals surface area contributed by atoms with Gasteiger partial charge in [0, 0.05) is 19.2 Å². The molecule has 0 saturated carbocycles. The van der Waals surface area contributed by atoms with Crippen LogP contribution in [0.4, 0.5) is 5.69 Å².